The average molecular weight is 361 g/mol. The van der Waals surface area contributed by atoms with Gasteiger partial charge in [-0.25, -0.2) is 10.5 Å². The molecule has 1 aromatic rings. The van der Waals surface area contributed by atoms with Crippen LogP contribution < -0.4 is 16.1 Å². The molecule has 0 bridgehead atoms. The smallest absolute Gasteiger partial charge is 0.267 e. The summed E-state index contributed by atoms with van der Waals surface area (Å²) in [6.45, 7) is 1.95. The first-order valence-corrected chi connectivity index (χ1v) is 9.13. The number of hydroxylamine groups is 1. The molecular formula is C18H27N5O3. The highest BCUT2D eigenvalue weighted by molar-refractivity contribution is 5.90. The number of hydrogen-bond donors (Lipinski definition) is 4. The van der Waals surface area contributed by atoms with Crippen molar-refractivity contribution in [3.63, 3.8) is 0 Å². The molecule has 1 aliphatic rings. The van der Waals surface area contributed by atoms with Crippen molar-refractivity contribution in [2.24, 2.45) is 0 Å². The van der Waals surface area contributed by atoms with Crippen LogP contribution in [-0.4, -0.2) is 39.1 Å². The van der Waals surface area contributed by atoms with Gasteiger partial charge in [-0.3, -0.25) is 19.8 Å². The van der Waals surface area contributed by atoms with Crippen molar-refractivity contribution in [1.82, 2.24) is 20.8 Å². The molecule has 1 atom stereocenters. The molecule has 0 spiro atoms. The van der Waals surface area contributed by atoms with E-state index in [-0.39, 0.29) is 18.0 Å². The summed E-state index contributed by atoms with van der Waals surface area (Å²) in [6, 6.07) is -0.105. The monoisotopic (exact) mass is 361 g/mol. The standard InChI is InChI=1S/C18H27N5O3/c1-2-15(18(25)21-13-7-5-3-4-6-8-13)22-16-12-19-14(11-20-16)9-10-17(24)23-26/h9-13,15,26H,2-8H2,1H3,(H,20,22)(H,21,25)(H,23,24)/b10-9+/t15-/m1/s1. The Hall–Kier alpha value is -2.48. The van der Waals surface area contributed by atoms with Gasteiger partial charge in [0.1, 0.15) is 11.9 Å². The summed E-state index contributed by atoms with van der Waals surface area (Å²) in [4.78, 5) is 31.8. The highest BCUT2D eigenvalue weighted by atomic mass is 16.5. The molecule has 0 unspecified atom stereocenters. The molecule has 4 N–H and O–H groups in total. The van der Waals surface area contributed by atoms with E-state index in [1.54, 1.807) is 0 Å². The van der Waals surface area contributed by atoms with Crippen molar-refractivity contribution in [3.8, 4) is 0 Å². The molecule has 0 saturated heterocycles. The Morgan fingerprint density at radius 3 is 2.54 bits per heavy atom. The summed E-state index contributed by atoms with van der Waals surface area (Å²) in [7, 11) is 0. The molecule has 1 saturated carbocycles. The topological polar surface area (TPSA) is 116 Å². The second-order valence-electron chi connectivity index (χ2n) is 6.44. The minimum atomic E-state index is -0.643. The Labute approximate surface area is 153 Å². The van der Waals surface area contributed by atoms with Crippen molar-refractivity contribution in [2.75, 3.05) is 5.32 Å². The lowest BCUT2D eigenvalue weighted by atomic mass is 10.1. The van der Waals surface area contributed by atoms with Crippen LogP contribution in [0.5, 0.6) is 0 Å². The van der Waals surface area contributed by atoms with Crippen LogP contribution in [0.4, 0.5) is 5.82 Å². The third-order valence-corrected chi connectivity index (χ3v) is 4.44. The van der Waals surface area contributed by atoms with Gasteiger partial charge in [0, 0.05) is 12.1 Å². The van der Waals surface area contributed by atoms with Crippen LogP contribution in [0, 0.1) is 0 Å². The fraction of sp³-hybridized carbons (Fsp3) is 0.556. The number of nitrogens with zero attached hydrogens (tertiary/aromatic N) is 2. The predicted octanol–water partition coefficient (Wildman–Crippen LogP) is 2.02. The quantitative estimate of drug-likeness (QED) is 0.256. The molecule has 1 aliphatic carbocycles. The molecule has 1 heterocycles. The van der Waals surface area contributed by atoms with Crippen LogP contribution in [0.1, 0.15) is 57.6 Å². The maximum Gasteiger partial charge on any atom is 0.267 e. The van der Waals surface area contributed by atoms with E-state index in [4.69, 9.17) is 5.21 Å². The van der Waals surface area contributed by atoms with E-state index in [0.29, 0.717) is 17.9 Å². The zero-order chi connectivity index (χ0) is 18.8. The van der Waals surface area contributed by atoms with Gasteiger partial charge in [-0.15, -0.1) is 0 Å². The molecule has 0 aliphatic heterocycles. The Morgan fingerprint density at radius 2 is 1.96 bits per heavy atom. The number of carbonyl (C=O) groups is 2. The molecule has 8 nitrogen and oxygen atoms in total. The van der Waals surface area contributed by atoms with Gasteiger partial charge in [0.25, 0.3) is 5.91 Å². The third-order valence-electron chi connectivity index (χ3n) is 4.44. The molecule has 26 heavy (non-hydrogen) atoms. The van der Waals surface area contributed by atoms with Crippen LogP contribution in [0.25, 0.3) is 6.08 Å². The van der Waals surface area contributed by atoms with Gasteiger partial charge in [0.15, 0.2) is 0 Å². The van der Waals surface area contributed by atoms with Crippen LogP contribution >= 0.6 is 0 Å². The van der Waals surface area contributed by atoms with Crippen LogP contribution in [-0.2, 0) is 9.59 Å². The maximum absolute atomic E-state index is 12.5. The average Bonchev–Trinajstić information content (AvgIpc) is 2.93. The molecule has 2 amide bonds. The Bertz CT molecular complexity index is 610. The lowest BCUT2D eigenvalue weighted by molar-refractivity contribution is -0.124. The largest absolute Gasteiger partial charge is 0.357 e. The SMILES string of the molecule is CC[C@@H](Nc1cnc(/C=C/C(=O)NO)cn1)C(=O)NC1CCCCCC1. The Balaban J connectivity index is 1.90. The molecule has 0 radical (unpaired) electrons. The zero-order valence-electron chi connectivity index (χ0n) is 15.1. The Kier molecular flexibility index (Phi) is 8.01. The van der Waals surface area contributed by atoms with E-state index in [2.05, 4.69) is 20.6 Å². The van der Waals surface area contributed by atoms with Gasteiger partial charge >= 0.3 is 0 Å². The summed E-state index contributed by atoms with van der Waals surface area (Å²) in [5, 5.41) is 14.7. The van der Waals surface area contributed by atoms with Gasteiger partial charge in [-0.05, 0) is 25.3 Å². The highest BCUT2D eigenvalue weighted by Crippen LogP contribution is 2.17. The van der Waals surface area contributed by atoms with Crippen LogP contribution in [0.2, 0.25) is 0 Å². The number of amides is 2. The van der Waals surface area contributed by atoms with Gasteiger partial charge < -0.3 is 10.6 Å². The van der Waals surface area contributed by atoms with Crippen molar-refractivity contribution in [3.05, 3.63) is 24.2 Å². The van der Waals surface area contributed by atoms with Crippen molar-refractivity contribution in [2.45, 2.75) is 64.0 Å². The van der Waals surface area contributed by atoms with E-state index in [0.717, 1.165) is 18.9 Å². The van der Waals surface area contributed by atoms with E-state index >= 15 is 0 Å². The van der Waals surface area contributed by atoms with Gasteiger partial charge in [0.05, 0.1) is 18.1 Å². The first kappa shape index (κ1) is 19.8. The number of hydrogen-bond acceptors (Lipinski definition) is 6. The molecule has 142 valence electrons. The second-order valence-corrected chi connectivity index (χ2v) is 6.44. The third kappa shape index (κ3) is 6.44. The summed E-state index contributed by atoms with van der Waals surface area (Å²) < 4.78 is 0. The lowest BCUT2D eigenvalue weighted by Crippen LogP contribution is -2.44. The van der Waals surface area contributed by atoms with E-state index in [1.807, 2.05) is 6.92 Å². The number of carbonyl (C=O) groups excluding carboxylic acids is 2. The highest BCUT2D eigenvalue weighted by Gasteiger charge is 2.21. The van der Waals surface area contributed by atoms with Crippen molar-refractivity contribution >= 4 is 23.7 Å². The normalized spacial score (nSPS) is 16.7. The summed E-state index contributed by atoms with van der Waals surface area (Å²) >= 11 is 0. The van der Waals surface area contributed by atoms with E-state index in [9.17, 15) is 9.59 Å². The van der Waals surface area contributed by atoms with E-state index < -0.39 is 5.91 Å². The zero-order valence-corrected chi connectivity index (χ0v) is 15.1. The number of rotatable bonds is 7. The number of aromatic nitrogens is 2. The van der Waals surface area contributed by atoms with Gasteiger partial charge in [-0.2, -0.15) is 0 Å². The minimum absolute atomic E-state index is 0.00945. The maximum atomic E-state index is 12.5. The van der Waals surface area contributed by atoms with Crippen LogP contribution in [0.3, 0.4) is 0 Å². The number of nitrogens with one attached hydrogen (secondary N) is 3. The molecule has 1 aromatic heterocycles. The molecular weight excluding hydrogens is 334 g/mol. The lowest BCUT2D eigenvalue weighted by Gasteiger charge is -2.22. The Morgan fingerprint density at radius 1 is 1.23 bits per heavy atom. The molecule has 1 fully saturated rings. The minimum Gasteiger partial charge on any atom is -0.357 e. The van der Waals surface area contributed by atoms with E-state index in [1.165, 1.54) is 49.6 Å². The summed E-state index contributed by atoms with van der Waals surface area (Å²) in [6.07, 6.45) is 13.1. The second kappa shape index (κ2) is 10.5. The molecule has 2 rings (SSSR count). The van der Waals surface area contributed by atoms with Crippen molar-refractivity contribution < 1.29 is 14.8 Å². The summed E-state index contributed by atoms with van der Waals surface area (Å²) in [5.41, 5.74) is 1.97. The molecule has 0 aromatic carbocycles. The number of anilines is 1. The fourth-order valence-corrected chi connectivity index (χ4v) is 2.95. The molecule has 8 heteroatoms. The van der Waals surface area contributed by atoms with Gasteiger partial charge in [-0.1, -0.05) is 32.6 Å². The van der Waals surface area contributed by atoms with Crippen molar-refractivity contribution in [1.29, 1.82) is 0 Å². The fourth-order valence-electron chi connectivity index (χ4n) is 2.95. The predicted molar refractivity (Wildman–Crippen MR) is 98.3 cm³/mol. The first-order chi connectivity index (χ1) is 12.6. The van der Waals surface area contributed by atoms with Gasteiger partial charge in [0.2, 0.25) is 5.91 Å². The first-order valence-electron chi connectivity index (χ1n) is 9.13. The summed E-state index contributed by atoms with van der Waals surface area (Å²) in [5.74, 6) is -0.156. The van der Waals surface area contributed by atoms with Crippen LogP contribution in [0.15, 0.2) is 18.5 Å².